The van der Waals surface area contributed by atoms with Crippen LogP contribution in [0.3, 0.4) is 0 Å². The maximum atomic E-state index is 12.9. The molecule has 1 unspecified atom stereocenters. The van der Waals surface area contributed by atoms with Crippen LogP contribution in [0.1, 0.15) is 22.5 Å². The van der Waals surface area contributed by atoms with Gasteiger partial charge in [-0.3, -0.25) is 14.6 Å². The maximum Gasteiger partial charge on any atom is 0.252 e. The highest BCUT2D eigenvalue weighted by Gasteiger charge is 2.27. The van der Waals surface area contributed by atoms with Gasteiger partial charge >= 0.3 is 0 Å². The normalized spacial score (nSPS) is 17.5. The number of amides is 2. The lowest BCUT2D eigenvalue weighted by atomic mass is 10.1. The molecule has 1 saturated heterocycles. The topological polar surface area (TPSA) is 90.5 Å². The van der Waals surface area contributed by atoms with Gasteiger partial charge in [0.2, 0.25) is 5.91 Å². The van der Waals surface area contributed by atoms with Crippen molar-refractivity contribution in [3.8, 4) is 0 Å². The number of rotatable bonds is 6. The van der Waals surface area contributed by atoms with Crippen LogP contribution in [0.15, 0.2) is 67.0 Å². The summed E-state index contributed by atoms with van der Waals surface area (Å²) >= 11 is 0. The predicted octanol–water partition coefficient (Wildman–Crippen LogP) is 2.69. The minimum Gasteiger partial charge on any atom is -0.371 e. The predicted molar refractivity (Wildman–Crippen MR) is 127 cm³/mol. The molecule has 2 aliphatic rings. The van der Waals surface area contributed by atoms with Gasteiger partial charge in [0, 0.05) is 37.7 Å². The lowest BCUT2D eigenvalue weighted by Gasteiger charge is -2.29. The van der Waals surface area contributed by atoms with Crippen LogP contribution in [0.5, 0.6) is 0 Å². The summed E-state index contributed by atoms with van der Waals surface area (Å²) in [4.78, 5) is 38.2. The van der Waals surface area contributed by atoms with Crippen LogP contribution in [0.2, 0.25) is 0 Å². The van der Waals surface area contributed by atoms with Gasteiger partial charge in [-0.05, 0) is 42.7 Å². The molecule has 2 amide bonds. The van der Waals surface area contributed by atoms with Crippen LogP contribution in [0, 0.1) is 5.92 Å². The average molecular weight is 443 g/mol. The van der Waals surface area contributed by atoms with Crippen LogP contribution < -0.4 is 20.4 Å². The van der Waals surface area contributed by atoms with Crippen molar-refractivity contribution in [2.75, 3.05) is 41.3 Å². The largest absolute Gasteiger partial charge is 0.371 e. The molecular weight excluding hydrogens is 416 g/mol. The molecule has 1 aromatic carbocycles. The van der Waals surface area contributed by atoms with E-state index in [1.54, 1.807) is 23.4 Å². The Morgan fingerprint density at radius 2 is 1.97 bits per heavy atom. The summed E-state index contributed by atoms with van der Waals surface area (Å²) in [6.07, 6.45) is 4.29. The molecule has 2 aliphatic heterocycles. The first-order chi connectivity index (χ1) is 16.2. The van der Waals surface area contributed by atoms with Crippen molar-refractivity contribution in [2.24, 2.45) is 5.92 Å². The second kappa shape index (κ2) is 9.28. The van der Waals surface area contributed by atoms with E-state index in [1.807, 2.05) is 36.4 Å². The number of para-hydroxylation sites is 1. The number of fused-ring (bicyclic) bond motifs is 1. The van der Waals surface area contributed by atoms with E-state index in [0.717, 1.165) is 25.2 Å². The Hall–Kier alpha value is -3.94. The Labute approximate surface area is 192 Å². The molecule has 0 spiro atoms. The van der Waals surface area contributed by atoms with Crippen LogP contribution >= 0.6 is 0 Å². The van der Waals surface area contributed by atoms with Gasteiger partial charge < -0.3 is 20.4 Å². The quantitative estimate of drug-likeness (QED) is 0.610. The second-order valence-electron chi connectivity index (χ2n) is 8.39. The molecule has 1 atom stereocenters. The maximum absolute atomic E-state index is 12.9. The third-order valence-corrected chi connectivity index (χ3v) is 6.13. The van der Waals surface area contributed by atoms with Crippen LogP contribution in [0.25, 0.3) is 0 Å². The number of pyridine rings is 2. The Kier molecular flexibility index (Phi) is 5.89. The molecule has 2 N–H and O–H groups in total. The number of nitrogens with one attached hydrogen (secondary N) is 2. The zero-order chi connectivity index (χ0) is 22.6. The molecule has 0 aliphatic carbocycles. The lowest BCUT2D eigenvalue weighted by Crippen LogP contribution is -2.40. The Balaban J connectivity index is 1.25. The van der Waals surface area contributed by atoms with E-state index in [2.05, 4.69) is 37.6 Å². The summed E-state index contributed by atoms with van der Waals surface area (Å²) < 4.78 is 0. The highest BCUT2D eigenvalue weighted by atomic mass is 16.2. The molecule has 2 aromatic heterocycles. The molecule has 5 rings (SSSR count). The molecule has 4 heterocycles. The molecule has 8 heteroatoms. The zero-order valence-corrected chi connectivity index (χ0v) is 18.3. The van der Waals surface area contributed by atoms with Gasteiger partial charge in [0.15, 0.2) is 5.82 Å². The summed E-state index contributed by atoms with van der Waals surface area (Å²) in [7, 11) is 0. The number of carbonyl (C=O) groups is 2. The number of aromatic nitrogens is 2. The number of nitrogens with zero attached hydrogens (tertiary/aromatic N) is 4. The molecule has 0 radical (unpaired) electrons. The van der Waals surface area contributed by atoms with E-state index in [-0.39, 0.29) is 18.4 Å². The molecule has 33 heavy (non-hydrogen) atoms. The molecular formula is C25H26N6O2. The summed E-state index contributed by atoms with van der Waals surface area (Å²) in [5, 5.41) is 6.09. The van der Waals surface area contributed by atoms with Gasteiger partial charge in [-0.25, -0.2) is 4.98 Å². The molecule has 8 nitrogen and oxygen atoms in total. The zero-order valence-electron chi connectivity index (χ0n) is 18.3. The number of hydrogen-bond donors (Lipinski definition) is 2. The van der Waals surface area contributed by atoms with Crippen LogP contribution in [-0.4, -0.2) is 48.0 Å². The third-order valence-electron chi connectivity index (χ3n) is 6.13. The third kappa shape index (κ3) is 4.64. The van der Waals surface area contributed by atoms with E-state index < -0.39 is 0 Å². The highest BCUT2D eigenvalue weighted by molar-refractivity contribution is 6.04. The molecule has 0 saturated carbocycles. The summed E-state index contributed by atoms with van der Waals surface area (Å²) in [5.74, 6) is 0.721. The Morgan fingerprint density at radius 3 is 2.79 bits per heavy atom. The number of anilines is 3. The van der Waals surface area contributed by atoms with E-state index in [0.29, 0.717) is 36.1 Å². The van der Waals surface area contributed by atoms with Crippen molar-refractivity contribution < 1.29 is 9.59 Å². The van der Waals surface area contributed by atoms with Crippen LogP contribution in [-0.2, 0) is 11.3 Å². The smallest absolute Gasteiger partial charge is 0.252 e. The molecule has 3 aromatic rings. The van der Waals surface area contributed by atoms with Crippen molar-refractivity contribution >= 4 is 29.0 Å². The summed E-state index contributed by atoms with van der Waals surface area (Å²) in [6.45, 7) is 3.01. The van der Waals surface area contributed by atoms with E-state index in [1.165, 1.54) is 5.69 Å². The molecule has 1 fully saturated rings. The van der Waals surface area contributed by atoms with Crippen molar-refractivity contribution in [1.82, 2.24) is 15.3 Å². The average Bonchev–Trinajstić information content (AvgIpc) is 3.34. The van der Waals surface area contributed by atoms with Crippen molar-refractivity contribution in [2.45, 2.75) is 13.0 Å². The van der Waals surface area contributed by atoms with Crippen molar-refractivity contribution in [3.63, 3.8) is 0 Å². The van der Waals surface area contributed by atoms with Gasteiger partial charge in [0.25, 0.3) is 5.91 Å². The van der Waals surface area contributed by atoms with Gasteiger partial charge in [0.05, 0.1) is 30.0 Å². The fourth-order valence-electron chi connectivity index (χ4n) is 4.35. The Bertz CT molecular complexity index is 1140. The first kappa shape index (κ1) is 20.9. The van der Waals surface area contributed by atoms with E-state index in [9.17, 15) is 9.59 Å². The van der Waals surface area contributed by atoms with E-state index in [4.69, 9.17) is 0 Å². The van der Waals surface area contributed by atoms with Gasteiger partial charge in [-0.2, -0.15) is 0 Å². The summed E-state index contributed by atoms with van der Waals surface area (Å²) in [6, 6.07) is 17.7. The van der Waals surface area contributed by atoms with Gasteiger partial charge in [-0.1, -0.05) is 24.3 Å². The standard InChI is InChI=1S/C25H26N6O2/c32-23-15-28-24-22(31(23)17-20-6-4-5-10-26-20)12-19(14-27-24)25(33)29-13-18-9-11-30(16-18)21-7-2-1-3-8-21/h1-8,10,12,14,18H,9,11,13,15-17H2,(H,27,28)(H,29,33). The van der Waals surface area contributed by atoms with Crippen molar-refractivity contribution in [1.29, 1.82) is 0 Å². The molecule has 168 valence electrons. The summed E-state index contributed by atoms with van der Waals surface area (Å²) in [5.41, 5.74) is 3.03. The van der Waals surface area contributed by atoms with E-state index >= 15 is 0 Å². The lowest BCUT2D eigenvalue weighted by molar-refractivity contribution is -0.117. The first-order valence-electron chi connectivity index (χ1n) is 11.2. The Morgan fingerprint density at radius 1 is 1.12 bits per heavy atom. The van der Waals surface area contributed by atoms with Crippen LogP contribution in [0.4, 0.5) is 17.2 Å². The first-order valence-corrected chi connectivity index (χ1v) is 11.2. The fraction of sp³-hybridized carbons (Fsp3) is 0.280. The number of hydrogen-bond acceptors (Lipinski definition) is 6. The SMILES string of the molecule is O=C(NCC1CCN(c2ccccc2)C1)c1cnc2c(c1)N(Cc1ccccn1)C(=O)CN2. The minimum absolute atomic E-state index is 0.0838. The minimum atomic E-state index is -0.181. The number of benzene rings is 1. The highest BCUT2D eigenvalue weighted by Crippen LogP contribution is 2.29. The van der Waals surface area contributed by atoms with Crippen molar-refractivity contribution in [3.05, 3.63) is 78.2 Å². The monoisotopic (exact) mass is 442 g/mol. The van der Waals surface area contributed by atoms with Gasteiger partial charge in [-0.15, -0.1) is 0 Å². The number of carbonyl (C=O) groups excluding carboxylic acids is 2. The second-order valence-corrected chi connectivity index (χ2v) is 8.39. The fourth-order valence-corrected chi connectivity index (χ4v) is 4.35. The van der Waals surface area contributed by atoms with Gasteiger partial charge in [0.1, 0.15) is 0 Å². The molecule has 0 bridgehead atoms.